The summed E-state index contributed by atoms with van der Waals surface area (Å²) < 4.78 is 6.33. The highest BCUT2D eigenvalue weighted by atomic mass is 32.1. The van der Waals surface area contributed by atoms with Crippen LogP contribution in [0.5, 0.6) is 0 Å². The number of anilines is 1. The van der Waals surface area contributed by atoms with E-state index < -0.39 is 0 Å². The average molecular weight is 324 g/mol. The molecule has 4 heterocycles. The van der Waals surface area contributed by atoms with Crippen molar-refractivity contribution in [2.24, 2.45) is 17.8 Å². The zero-order chi connectivity index (χ0) is 15.3. The van der Waals surface area contributed by atoms with Crippen molar-refractivity contribution in [1.29, 1.82) is 0 Å². The molecule has 2 N–H and O–H groups in total. The number of aromatic nitrogens is 2. The lowest BCUT2D eigenvalue weighted by Gasteiger charge is -2.33. The van der Waals surface area contributed by atoms with Crippen molar-refractivity contribution < 1.29 is 9.84 Å². The molecule has 22 heavy (non-hydrogen) atoms. The van der Waals surface area contributed by atoms with Crippen LogP contribution >= 0.6 is 11.3 Å². The summed E-state index contributed by atoms with van der Waals surface area (Å²) in [6, 6.07) is 0. The second kappa shape index (κ2) is 5.40. The third-order valence-electron chi connectivity index (χ3n) is 5.22. The monoisotopic (exact) mass is 324 g/mol. The zero-order valence-corrected chi connectivity index (χ0v) is 14.0. The summed E-state index contributed by atoms with van der Waals surface area (Å²) >= 11 is 1.70. The first kappa shape index (κ1) is 14.8. The van der Waals surface area contributed by atoms with Crippen LogP contribution in [-0.2, 0) is 11.2 Å². The summed E-state index contributed by atoms with van der Waals surface area (Å²) in [4.78, 5) is 2.30. The number of nitrogens with one attached hydrogen (secondary N) is 1. The molecule has 4 atom stereocenters. The first-order valence-corrected chi connectivity index (χ1v) is 8.99. The smallest absolute Gasteiger partial charge is 0.208 e. The molecule has 3 fully saturated rings. The van der Waals surface area contributed by atoms with E-state index in [4.69, 9.17) is 4.74 Å². The number of aliphatic hydroxyl groups is 1. The second-order valence-electron chi connectivity index (χ2n) is 7.26. The predicted molar refractivity (Wildman–Crippen MR) is 85.2 cm³/mol. The van der Waals surface area contributed by atoms with Gasteiger partial charge in [-0.1, -0.05) is 25.2 Å². The molecule has 4 rings (SSSR count). The van der Waals surface area contributed by atoms with Gasteiger partial charge in [0.25, 0.3) is 0 Å². The standard InChI is InChI=1S/C15H24N4O2S/c1-9(2)3-13-17-18-14(22-13)19-5-11-10(6-20)12-4-16-7-15(11,8-19)21-12/h9-12,16,20H,3-8H2,1-2H3/t10-,11+,12+,15+/m0/s1. The lowest BCUT2D eigenvalue weighted by molar-refractivity contribution is -0.0653. The van der Waals surface area contributed by atoms with Gasteiger partial charge < -0.3 is 20.1 Å². The second-order valence-corrected chi connectivity index (χ2v) is 8.30. The maximum atomic E-state index is 9.77. The van der Waals surface area contributed by atoms with Crippen molar-refractivity contribution in [3.63, 3.8) is 0 Å². The van der Waals surface area contributed by atoms with E-state index >= 15 is 0 Å². The summed E-state index contributed by atoms with van der Waals surface area (Å²) in [6.45, 7) is 8.12. The molecular weight excluding hydrogens is 300 g/mol. The zero-order valence-electron chi connectivity index (χ0n) is 13.2. The molecule has 3 aliphatic heterocycles. The number of aliphatic hydroxyl groups excluding tert-OH is 1. The van der Waals surface area contributed by atoms with Gasteiger partial charge in [0.1, 0.15) is 10.6 Å². The van der Waals surface area contributed by atoms with Crippen LogP contribution in [-0.4, -0.2) is 59.8 Å². The van der Waals surface area contributed by atoms with Crippen LogP contribution in [0.1, 0.15) is 18.9 Å². The molecule has 0 aromatic carbocycles. The van der Waals surface area contributed by atoms with Gasteiger partial charge in [0.2, 0.25) is 5.13 Å². The molecule has 0 radical (unpaired) electrons. The molecule has 0 saturated carbocycles. The summed E-state index contributed by atoms with van der Waals surface area (Å²) in [5, 5.41) is 24.1. The van der Waals surface area contributed by atoms with Crippen molar-refractivity contribution in [1.82, 2.24) is 15.5 Å². The number of fused-ring (bicyclic) bond motifs is 1. The third-order valence-corrected chi connectivity index (χ3v) is 6.23. The van der Waals surface area contributed by atoms with E-state index in [9.17, 15) is 5.11 Å². The van der Waals surface area contributed by atoms with Gasteiger partial charge in [-0.15, -0.1) is 10.2 Å². The molecular formula is C15H24N4O2S. The Morgan fingerprint density at radius 3 is 3.14 bits per heavy atom. The van der Waals surface area contributed by atoms with E-state index in [1.54, 1.807) is 11.3 Å². The fourth-order valence-electron chi connectivity index (χ4n) is 4.25. The number of hydrogen-bond donors (Lipinski definition) is 2. The van der Waals surface area contributed by atoms with Gasteiger partial charge in [0.05, 0.1) is 12.6 Å². The summed E-state index contributed by atoms with van der Waals surface area (Å²) in [5.41, 5.74) is -0.153. The first-order chi connectivity index (χ1) is 10.6. The van der Waals surface area contributed by atoms with Gasteiger partial charge in [-0.25, -0.2) is 0 Å². The van der Waals surface area contributed by atoms with Crippen LogP contribution in [0.2, 0.25) is 0 Å². The summed E-state index contributed by atoms with van der Waals surface area (Å²) in [6.07, 6.45) is 1.15. The molecule has 3 aliphatic rings. The molecule has 0 amide bonds. The molecule has 122 valence electrons. The number of nitrogens with zero attached hydrogens (tertiary/aromatic N) is 3. The minimum atomic E-state index is -0.153. The summed E-state index contributed by atoms with van der Waals surface area (Å²) in [5.74, 6) is 1.22. The highest BCUT2D eigenvalue weighted by Gasteiger charge is 2.61. The van der Waals surface area contributed by atoms with Crippen molar-refractivity contribution in [3.05, 3.63) is 5.01 Å². The number of rotatable bonds is 4. The van der Waals surface area contributed by atoms with Gasteiger partial charge in [-0.2, -0.15) is 0 Å². The van der Waals surface area contributed by atoms with Crippen LogP contribution in [0.25, 0.3) is 0 Å². The van der Waals surface area contributed by atoms with Gasteiger partial charge >= 0.3 is 0 Å². The molecule has 1 spiro atoms. The third kappa shape index (κ3) is 2.26. The number of hydrogen-bond acceptors (Lipinski definition) is 7. The number of morpholine rings is 1. The van der Waals surface area contributed by atoms with E-state index in [-0.39, 0.29) is 24.2 Å². The minimum Gasteiger partial charge on any atom is -0.396 e. The van der Waals surface area contributed by atoms with E-state index in [1.165, 1.54) is 0 Å². The molecule has 3 saturated heterocycles. The fourth-order valence-corrected chi connectivity index (χ4v) is 5.31. The largest absolute Gasteiger partial charge is 0.396 e. The number of ether oxygens (including phenoxy) is 1. The maximum absolute atomic E-state index is 9.77. The Bertz CT molecular complexity index is 551. The highest BCUT2D eigenvalue weighted by Crippen LogP contribution is 2.48. The van der Waals surface area contributed by atoms with Crippen LogP contribution < -0.4 is 10.2 Å². The molecule has 1 aromatic rings. The molecule has 2 bridgehead atoms. The van der Waals surface area contributed by atoms with Gasteiger partial charge in [-0.05, 0) is 5.92 Å². The molecule has 1 aromatic heterocycles. The Balaban J connectivity index is 1.53. The Hall–Kier alpha value is -0.760. The average Bonchev–Trinajstić information content (AvgIpc) is 3.10. The van der Waals surface area contributed by atoms with Gasteiger partial charge in [0, 0.05) is 44.5 Å². The maximum Gasteiger partial charge on any atom is 0.208 e. The minimum absolute atomic E-state index is 0.153. The Kier molecular flexibility index (Phi) is 3.64. The van der Waals surface area contributed by atoms with Crippen molar-refractivity contribution in [2.45, 2.75) is 32.0 Å². The summed E-state index contributed by atoms with van der Waals surface area (Å²) in [7, 11) is 0. The topological polar surface area (TPSA) is 70.5 Å². The predicted octanol–water partition coefficient (Wildman–Crippen LogP) is 0.522. The van der Waals surface area contributed by atoms with E-state index in [0.717, 1.165) is 42.7 Å². The molecule has 6 nitrogen and oxygen atoms in total. The van der Waals surface area contributed by atoms with Crippen LogP contribution in [0.3, 0.4) is 0 Å². The Morgan fingerprint density at radius 2 is 2.36 bits per heavy atom. The van der Waals surface area contributed by atoms with E-state index in [1.807, 2.05) is 0 Å². The highest BCUT2D eigenvalue weighted by molar-refractivity contribution is 7.15. The quantitative estimate of drug-likeness (QED) is 0.842. The van der Waals surface area contributed by atoms with Crippen molar-refractivity contribution in [2.75, 3.05) is 37.7 Å². The normalized spacial score (nSPS) is 37.1. The van der Waals surface area contributed by atoms with Crippen LogP contribution in [0, 0.1) is 17.8 Å². The van der Waals surface area contributed by atoms with E-state index in [0.29, 0.717) is 11.8 Å². The lowest BCUT2D eigenvalue weighted by atomic mass is 9.83. The van der Waals surface area contributed by atoms with Crippen LogP contribution in [0.4, 0.5) is 5.13 Å². The van der Waals surface area contributed by atoms with Gasteiger partial charge in [-0.3, -0.25) is 0 Å². The van der Waals surface area contributed by atoms with Gasteiger partial charge in [0.15, 0.2) is 0 Å². The fraction of sp³-hybridized carbons (Fsp3) is 0.867. The Labute approximate surface area is 134 Å². The molecule has 7 heteroatoms. The Morgan fingerprint density at radius 1 is 1.50 bits per heavy atom. The van der Waals surface area contributed by atoms with Crippen molar-refractivity contribution >= 4 is 16.5 Å². The SMILES string of the molecule is CC(C)Cc1nnc(N2C[C@@H]3[C@H](CO)[C@H]4CNC[C@]3(C2)O4)s1. The van der Waals surface area contributed by atoms with Crippen LogP contribution in [0.15, 0.2) is 0 Å². The molecule has 0 aliphatic carbocycles. The lowest BCUT2D eigenvalue weighted by Crippen LogP contribution is -2.52. The first-order valence-electron chi connectivity index (χ1n) is 8.18. The van der Waals surface area contributed by atoms with E-state index in [2.05, 4.69) is 34.3 Å². The van der Waals surface area contributed by atoms with Crippen molar-refractivity contribution in [3.8, 4) is 0 Å². The molecule has 0 unspecified atom stereocenters.